The number of amides is 2. The van der Waals surface area contributed by atoms with Crippen molar-refractivity contribution >= 4 is 17.5 Å². The van der Waals surface area contributed by atoms with E-state index < -0.39 is 11.5 Å². The highest BCUT2D eigenvalue weighted by Gasteiger charge is 2.39. The van der Waals surface area contributed by atoms with Gasteiger partial charge in [-0.1, -0.05) is 0 Å². The van der Waals surface area contributed by atoms with Gasteiger partial charge in [-0.2, -0.15) is 0 Å². The summed E-state index contributed by atoms with van der Waals surface area (Å²) < 4.78 is 5.45. The summed E-state index contributed by atoms with van der Waals surface area (Å²) in [6.45, 7) is 4.76. The minimum atomic E-state index is -1.11. The highest BCUT2D eigenvalue weighted by Crippen LogP contribution is 2.23. The number of hydrogen-bond donors (Lipinski definition) is 1. The third-order valence-electron chi connectivity index (χ3n) is 4.67. The summed E-state index contributed by atoms with van der Waals surface area (Å²) in [6.07, 6.45) is 2.44. The molecule has 124 valence electrons. The van der Waals surface area contributed by atoms with Crippen molar-refractivity contribution in [3.05, 3.63) is 29.8 Å². The van der Waals surface area contributed by atoms with Crippen LogP contribution in [0.15, 0.2) is 24.3 Å². The number of carbonyl (C=O) groups is 2. The zero-order valence-electron chi connectivity index (χ0n) is 13.5. The molecule has 1 aromatic rings. The molecule has 1 atom stereocenters. The molecule has 6 nitrogen and oxygen atoms in total. The molecule has 2 aliphatic rings. The molecule has 1 aromatic carbocycles. The van der Waals surface area contributed by atoms with Crippen molar-refractivity contribution in [2.24, 2.45) is 5.73 Å². The highest BCUT2D eigenvalue weighted by atomic mass is 16.5. The van der Waals surface area contributed by atoms with Gasteiger partial charge in [-0.3, -0.25) is 9.59 Å². The summed E-state index contributed by atoms with van der Waals surface area (Å²) in [5.41, 5.74) is 6.06. The van der Waals surface area contributed by atoms with E-state index in [0.717, 1.165) is 18.8 Å². The van der Waals surface area contributed by atoms with Gasteiger partial charge in [0, 0.05) is 30.9 Å². The van der Waals surface area contributed by atoms with Crippen LogP contribution in [0.25, 0.3) is 0 Å². The predicted molar refractivity (Wildman–Crippen MR) is 87.3 cm³/mol. The van der Waals surface area contributed by atoms with Gasteiger partial charge in [0.05, 0.1) is 13.2 Å². The first-order valence-electron chi connectivity index (χ1n) is 8.08. The number of ether oxygens (including phenoxy) is 1. The number of morpholine rings is 1. The number of rotatable bonds is 3. The van der Waals surface area contributed by atoms with E-state index in [1.807, 2.05) is 24.3 Å². The van der Waals surface area contributed by atoms with E-state index in [9.17, 15) is 9.59 Å². The monoisotopic (exact) mass is 317 g/mol. The van der Waals surface area contributed by atoms with Crippen molar-refractivity contribution in [3.8, 4) is 0 Å². The summed E-state index contributed by atoms with van der Waals surface area (Å²) in [5.74, 6) is -0.631. The standard InChI is InChI=1S/C17H23N3O3/c1-17(16(18)22)12-20(10-11-23-17)15(21)13-4-6-14(7-5-13)19-8-2-3-9-19/h4-7H,2-3,8-12H2,1H3,(H2,18,22)/t17-/m1/s1. The van der Waals surface area contributed by atoms with E-state index in [0.29, 0.717) is 18.7 Å². The van der Waals surface area contributed by atoms with E-state index in [-0.39, 0.29) is 12.5 Å². The molecule has 6 heteroatoms. The number of carbonyl (C=O) groups excluding carboxylic acids is 2. The quantitative estimate of drug-likeness (QED) is 0.902. The third kappa shape index (κ3) is 3.17. The maximum atomic E-state index is 12.6. The van der Waals surface area contributed by atoms with Crippen molar-refractivity contribution in [3.63, 3.8) is 0 Å². The fourth-order valence-electron chi connectivity index (χ4n) is 3.17. The second-order valence-electron chi connectivity index (χ2n) is 6.41. The predicted octanol–water partition coefficient (Wildman–Crippen LogP) is 1.00. The van der Waals surface area contributed by atoms with E-state index in [2.05, 4.69) is 4.90 Å². The van der Waals surface area contributed by atoms with E-state index in [1.165, 1.54) is 12.8 Å². The van der Waals surface area contributed by atoms with Gasteiger partial charge in [-0.05, 0) is 44.0 Å². The molecule has 2 heterocycles. The van der Waals surface area contributed by atoms with Gasteiger partial charge in [-0.15, -0.1) is 0 Å². The number of benzene rings is 1. The maximum Gasteiger partial charge on any atom is 0.254 e. The summed E-state index contributed by atoms with van der Waals surface area (Å²) in [6, 6.07) is 7.69. The molecule has 2 saturated heterocycles. The smallest absolute Gasteiger partial charge is 0.254 e. The second kappa shape index (κ2) is 6.20. The van der Waals surface area contributed by atoms with Crippen LogP contribution in [0.3, 0.4) is 0 Å². The Labute approximate surface area is 136 Å². The fraction of sp³-hybridized carbons (Fsp3) is 0.529. The van der Waals surface area contributed by atoms with Gasteiger partial charge in [0.2, 0.25) is 0 Å². The zero-order valence-corrected chi connectivity index (χ0v) is 13.5. The summed E-state index contributed by atoms with van der Waals surface area (Å²) in [4.78, 5) is 28.1. The first-order chi connectivity index (χ1) is 11.0. The number of anilines is 1. The molecule has 0 aromatic heterocycles. The Balaban J connectivity index is 1.71. The van der Waals surface area contributed by atoms with Crippen LogP contribution in [0.2, 0.25) is 0 Å². The average molecular weight is 317 g/mol. The van der Waals surface area contributed by atoms with Gasteiger partial charge in [0.25, 0.3) is 11.8 Å². The van der Waals surface area contributed by atoms with Gasteiger partial charge in [0.15, 0.2) is 5.60 Å². The van der Waals surface area contributed by atoms with Crippen LogP contribution < -0.4 is 10.6 Å². The van der Waals surface area contributed by atoms with Gasteiger partial charge in [-0.25, -0.2) is 0 Å². The van der Waals surface area contributed by atoms with Gasteiger partial charge >= 0.3 is 0 Å². The zero-order chi connectivity index (χ0) is 16.4. The van der Waals surface area contributed by atoms with Crippen LogP contribution in [-0.2, 0) is 9.53 Å². The number of nitrogens with zero attached hydrogens (tertiary/aromatic N) is 2. The average Bonchev–Trinajstić information content (AvgIpc) is 3.09. The first-order valence-corrected chi connectivity index (χ1v) is 8.08. The van der Waals surface area contributed by atoms with Gasteiger partial charge in [0.1, 0.15) is 0 Å². The molecular weight excluding hydrogens is 294 g/mol. The number of nitrogens with two attached hydrogens (primary N) is 1. The fourth-order valence-corrected chi connectivity index (χ4v) is 3.17. The summed E-state index contributed by atoms with van der Waals surface area (Å²) >= 11 is 0. The van der Waals surface area contributed by atoms with Crippen LogP contribution in [-0.4, -0.2) is 55.1 Å². The normalized spacial score (nSPS) is 24.7. The highest BCUT2D eigenvalue weighted by molar-refractivity contribution is 5.95. The Kier molecular flexibility index (Phi) is 4.26. The van der Waals surface area contributed by atoms with E-state index >= 15 is 0 Å². The van der Waals surface area contributed by atoms with Crippen LogP contribution in [0.4, 0.5) is 5.69 Å². The van der Waals surface area contributed by atoms with E-state index in [4.69, 9.17) is 10.5 Å². The molecule has 0 spiro atoms. The number of primary amides is 1. The van der Waals surface area contributed by atoms with Crippen LogP contribution in [0.5, 0.6) is 0 Å². The van der Waals surface area contributed by atoms with Crippen molar-refractivity contribution < 1.29 is 14.3 Å². The van der Waals surface area contributed by atoms with E-state index in [1.54, 1.807) is 11.8 Å². The van der Waals surface area contributed by atoms with Crippen LogP contribution in [0, 0.1) is 0 Å². The van der Waals surface area contributed by atoms with Crippen molar-refractivity contribution in [2.45, 2.75) is 25.4 Å². The lowest BCUT2D eigenvalue weighted by Crippen LogP contribution is -2.58. The Morgan fingerprint density at radius 2 is 1.78 bits per heavy atom. The molecule has 0 aliphatic carbocycles. The van der Waals surface area contributed by atoms with Crippen LogP contribution in [0.1, 0.15) is 30.1 Å². The Morgan fingerprint density at radius 3 is 2.39 bits per heavy atom. The minimum absolute atomic E-state index is 0.0891. The lowest BCUT2D eigenvalue weighted by molar-refractivity contribution is -0.150. The Hall–Kier alpha value is -2.08. The second-order valence-corrected chi connectivity index (χ2v) is 6.41. The molecule has 23 heavy (non-hydrogen) atoms. The molecule has 0 radical (unpaired) electrons. The van der Waals surface area contributed by atoms with Gasteiger partial charge < -0.3 is 20.3 Å². The Morgan fingerprint density at radius 1 is 1.13 bits per heavy atom. The Bertz CT molecular complexity index is 596. The topological polar surface area (TPSA) is 75.9 Å². The van der Waals surface area contributed by atoms with Crippen molar-refractivity contribution in [1.29, 1.82) is 0 Å². The molecule has 2 fully saturated rings. The molecule has 0 saturated carbocycles. The molecule has 0 unspecified atom stereocenters. The third-order valence-corrected chi connectivity index (χ3v) is 4.67. The molecule has 2 amide bonds. The summed E-state index contributed by atoms with van der Waals surface area (Å²) in [5, 5.41) is 0. The lowest BCUT2D eigenvalue weighted by atomic mass is 10.0. The van der Waals surface area contributed by atoms with Crippen molar-refractivity contribution in [2.75, 3.05) is 37.7 Å². The minimum Gasteiger partial charge on any atom is -0.372 e. The molecule has 2 aliphatic heterocycles. The van der Waals surface area contributed by atoms with Crippen molar-refractivity contribution in [1.82, 2.24) is 4.90 Å². The maximum absolute atomic E-state index is 12.6. The number of hydrogen-bond acceptors (Lipinski definition) is 4. The molecule has 2 N–H and O–H groups in total. The SMILES string of the molecule is C[C@]1(C(N)=O)CN(C(=O)c2ccc(N3CCCC3)cc2)CCO1. The van der Waals surface area contributed by atoms with Crippen LogP contribution >= 0.6 is 0 Å². The summed E-state index contributed by atoms with van der Waals surface area (Å²) in [7, 11) is 0. The molecule has 0 bridgehead atoms. The lowest BCUT2D eigenvalue weighted by Gasteiger charge is -2.38. The largest absolute Gasteiger partial charge is 0.372 e. The molecule has 3 rings (SSSR count). The molecular formula is C17H23N3O3. The first kappa shape index (κ1) is 15.8.